The van der Waals surface area contributed by atoms with Gasteiger partial charge in [0, 0.05) is 19.2 Å². The van der Waals surface area contributed by atoms with Crippen LogP contribution >= 0.6 is 0 Å². The molecule has 0 aliphatic carbocycles. The quantitative estimate of drug-likeness (QED) is 0.823. The van der Waals surface area contributed by atoms with Gasteiger partial charge in [-0.25, -0.2) is 0 Å². The van der Waals surface area contributed by atoms with Crippen LogP contribution in [0.3, 0.4) is 0 Å². The predicted octanol–water partition coefficient (Wildman–Crippen LogP) is 4.10. The number of halogens is 7. The molecule has 0 heterocycles. The van der Waals surface area contributed by atoms with Crippen LogP contribution in [-0.2, 0) is 6.42 Å². The highest BCUT2D eigenvalue weighted by Gasteiger charge is 2.72. The normalized spacial score (nSPS) is 13.5. The summed E-state index contributed by atoms with van der Waals surface area (Å²) >= 11 is 0. The monoisotopic (exact) mass is 289 g/mol. The van der Waals surface area contributed by atoms with Crippen LogP contribution in [0.25, 0.3) is 0 Å². The van der Waals surface area contributed by atoms with Crippen LogP contribution in [0.4, 0.5) is 36.4 Å². The van der Waals surface area contributed by atoms with Gasteiger partial charge < -0.3 is 5.32 Å². The zero-order valence-corrected chi connectivity index (χ0v) is 9.66. The fourth-order valence-corrected chi connectivity index (χ4v) is 1.36. The van der Waals surface area contributed by atoms with Gasteiger partial charge in [0.15, 0.2) is 0 Å². The van der Waals surface area contributed by atoms with Crippen molar-refractivity contribution in [2.45, 2.75) is 24.4 Å². The van der Waals surface area contributed by atoms with Crippen molar-refractivity contribution in [3.8, 4) is 0 Å². The third-order valence-electron chi connectivity index (χ3n) is 2.48. The topological polar surface area (TPSA) is 12.0 Å². The van der Waals surface area contributed by atoms with Gasteiger partial charge in [0.2, 0.25) is 0 Å². The number of anilines is 1. The van der Waals surface area contributed by atoms with E-state index in [0.717, 1.165) is 12.1 Å². The van der Waals surface area contributed by atoms with Gasteiger partial charge in [0.05, 0.1) is 0 Å². The van der Waals surface area contributed by atoms with E-state index < -0.39 is 24.4 Å². The molecule has 0 spiro atoms. The smallest absolute Gasteiger partial charge is 0.388 e. The molecule has 0 aliphatic rings. The number of benzene rings is 1. The number of rotatable bonds is 4. The molecule has 1 rings (SSSR count). The summed E-state index contributed by atoms with van der Waals surface area (Å²) in [5.74, 6) is -11.3. The van der Waals surface area contributed by atoms with E-state index in [1.807, 2.05) is 0 Å². The first-order valence-electron chi connectivity index (χ1n) is 5.10. The van der Waals surface area contributed by atoms with Gasteiger partial charge in [0.1, 0.15) is 0 Å². The second kappa shape index (κ2) is 4.90. The highest BCUT2D eigenvalue weighted by Crippen LogP contribution is 2.47. The molecular weight excluding hydrogens is 279 g/mol. The molecule has 1 aromatic rings. The van der Waals surface area contributed by atoms with E-state index >= 15 is 0 Å². The van der Waals surface area contributed by atoms with Crippen molar-refractivity contribution >= 4 is 5.69 Å². The lowest BCUT2D eigenvalue weighted by Gasteiger charge is -2.28. The summed E-state index contributed by atoms with van der Waals surface area (Å²) in [7, 11) is 1.54. The van der Waals surface area contributed by atoms with Crippen molar-refractivity contribution in [1.29, 1.82) is 0 Å². The molecule has 0 saturated heterocycles. The summed E-state index contributed by atoms with van der Waals surface area (Å²) in [5.41, 5.74) is 0.211. The number of hydrogen-bond donors (Lipinski definition) is 1. The maximum atomic E-state index is 13.1. The minimum atomic E-state index is -6.29. The van der Waals surface area contributed by atoms with E-state index in [2.05, 4.69) is 5.32 Å². The fraction of sp³-hybridized carbons (Fsp3) is 0.455. The summed E-state index contributed by atoms with van der Waals surface area (Å²) in [6, 6.07) is 4.73. The zero-order chi connectivity index (χ0) is 14.9. The Morgan fingerprint density at radius 3 is 1.74 bits per heavy atom. The predicted molar refractivity (Wildman–Crippen MR) is 55.6 cm³/mol. The molecule has 0 aromatic heterocycles. The summed E-state index contributed by atoms with van der Waals surface area (Å²) in [5, 5.41) is 2.66. The Kier molecular flexibility index (Phi) is 4.02. The fourth-order valence-electron chi connectivity index (χ4n) is 1.36. The lowest BCUT2D eigenvalue weighted by molar-refractivity contribution is -0.354. The van der Waals surface area contributed by atoms with Crippen molar-refractivity contribution in [2.24, 2.45) is 0 Å². The van der Waals surface area contributed by atoms with Gasteiger partial charge in [-0.05, 0) is 17.7 Å². The second-order valence-electron chi connectivity index (χ2n) is 3.90. The van der Waals surface area contributed by atoms with Crippen molar-refractivity contribution in [3.63, 3.8) is 0 Å². The molecule has 0 bridgehead atoms. The summed E-state index contributed by atoms with van der Waals surface area (Å²) in [6.45, 7) is 0. The average molecular weight is 289 g/mol. The summed E-state index contributed by atoms with van der Waals surface area (Å²) in [6.07, 6.45) is -7.98. The van der Waals surface area contributed by atoms with Gasteiger partial charge in [0.25, 0.3) is 0 Å². The van der Waals surface area contributed by atoms with Crippen molar-refractivity contribution in [3.05, 3.63) is 29.8 Å². The SMILES string of the molecule is CNc1ccc(CC(F)(F)C(F)(F)C(F)(F)F)cc1. The highest BCUT2D eigenvalue weighted by molar-refractivity contribution is 5.44. The molecule has 1 N–H and O–H groups in total. The minimum absolute atomic E-state index is 0.312. The second-order valence-corrected chi connectivity index (χ2v) is 3.90. The molecule has 0 radical (unpaired) electrons. The molecule has 19 heavy (non-hydrogen) atoms. The molecule has 108 valence electrons. The first-order valence-corrected chi connectivity index (χ1v) is 5.10. The Hall–Kier alpha value is -1.47. The Balaban J connectivity index is 2.95. The lowest BCUT2D eigenvalue weighted by Crippen LogP contribution is -2.52. The molecule has 8 heteroatoms. The Bertz CT molecular complexity index is 422. The van der Waals surface area contributed by atoms with Gasteiger partial charge >= 0.3 is 18.0 Å². The Morgan fingerprint density at radius 1 is 0.895 bits per heavy atom. The van der Waals surface area contributed by atoms with Gasteiger partial charge in [-0.1, -0.05) is 12.1 Å². The summed E-state index contributed by atoms with van der Waals surface area (Å²) in [4.78, 5) is 0. The van der Waals surface area contributed by atoms with E-state index in [4.69, 9.17) is 0 Å². The van der Waals surface area contributed by atoms with Crippen LogP contribution in [0.5, 0.6) is 0 Å². The maximum Gasteiger partial charge on any atom is 0.459 e. The molecule has 0 amide bonds. The number of alkyl halides is 7. The molecule has 0 atom stereocenters. The van der Waals surface area contributed by atoms with Crippen molar-refractivity contribution in [2.75, 3.05) is 12.4 Å². The minimum Gasteiger partial charge on any atom is -0.388 e. The van der Waals surface area contributed by atoms with Crippen molar-refractivity contribution < 1.29 is 30.7 Å². The third kappa shape index (κ3) is 3.10. The average Bonchev–Trinajstić information content (AvgIpc) is 2.28. The lowest BCUT2D eigenvalue weighted by atomic mass is 10.0. The molecule has 0 aliphatic heterocycles. The van der Waals surface area contributed by atoms with E-state index in [1.54, 1.807) is 7.05 Å². The van der Waals surface area contributed by atoms with Crippen molar-refractivity contribution in [1.82, 2.24) is 0 Å². The van der Waals surface area contributed by atoms with Crippen LogP contribution in [-0.4, -0.2) is 25.1 Å². The Morgan fingerprint density at radius 2 is 1.37 bits per heavy atom. The van der Waals surface area contributed by atoms with Crippen LogP contribution in [0.2, 0.25) is 0 Å². The maximum absolute atomic E-state index is 13.1. The van der Waals surface area contributed by atoms with Gasteiger partial charge in [-0.3, -0.25) is 0 Å². The van der Waals surface area contributed by atoms with Crippen LogP contribution < -0.4 is 5.32 Å². The first kappa shape index (κ1) is 15.6. The van der Waals surface area contributed by atoms with Gasteiger partial charge in [-0.2, -0.15) is 30.7 Å². The standard InChI is InChI=1S/C11H10F7N/c1-19-8-4-2-7(3-5-8)6-9(12,13)10(14,15)11(16,17)18/h2-5,19H,6H2,1H3. The number of nitrogens with one attached hydrogen (secondary N) is 1. The van der Waals surface area contributed by atoms with Crippen LogP contribution in [0.15, 0.2) is 24.3 Å². The van der Waals surface area contributed by atoms with E-state index in [-0.39, 0.29) is 5.56 Å². The molecule has 1 aromatic carbocycles. The number of hydrogen-bond acceptors (Lipinski definition) is 1. The first-order chi connectivity index (χ1) is 8.51. The molecular formula is C11H10F7N. The largest absolute Gasteiger partial charge is 0.459 e. The van der Waals surface area contributed by atoms with E-state index in [9.17, 15) is 30.7 Å². The van der Waals surface area contributed by atoms with Crippen LogP contribution in [0, 0.1) is 0 Å². The molecule has 0 fully saturated rings. The molecule has 0 unspecified atom stereocenters. The van der Waals surface area contributed by atoms with E-state index in [1.165, 1.54) is 12.1 Å². The Labute approximate surface area is 104 Å². The molecule has 0 saturated carbocycles. The molecule has 1 nitrogen and oxygen atoms in total. The van der Waals surface area contributed by atoms with Gasteiger partial charge in [-0.15, -0.1) is 0 Å². The van der Waals surface area contributed by atoms with Crippen LogP contribution in [0.1, 0.15) is 5.56 Å². The van der Waals surface area contributed by atoms with E-state index in [0.29, 0.717) is 5.69 Å². The summed E-state index contributed by atoms with van der Waals surface area (Å²) < 4.78 is 87.2. The highest BCUT2D eigenvalue weighted by atomic mass is 19.4. The zero-order valence-electron chi connectivity index (χ0n) is 9.66. The third-order valence-corrected chi connectivity index (χ3v) is 2.48.